The highest BCUT2D eigenvalue weighted by molar-refractivity contribution is 5.91. The summed E-state index contributed by atoms with van der Waals surface area (Å²) in [6, 6.07) is 24.8. The molecule has 0 unspecified atom stereocenters. The normalized spacial score (nSPS) is 11.3. The number of hydrogen-bond acceptors (Lipinski definition) is 3. The lowest BCUT2D eigenvalue weighted by Crippen LogP contribution is -2.25. The van der Waals surface area contributed by atoms with Gasteiger partial charge in [0.2, 0.25) is 0 Å². The number of carbonyl (C=O) groups is 1. The molecule has 1 heterocycles. The van der Waals surface area contributed by atoms with Crippen molar-refractivity contribution in [3.8, 4) is 5.69 Å². The Labute approximate surface area is 202 Å². The van der Waals surface area contributed by atoms with E-state index in [-0.39, 0.29) is 0 Å². The van der Waals surface area contributed by atoms with Gasteiger partial charge >= 0.3 is 0 Å². The summed E-state index contributed by atoms with van der Waals surface area (Å²) >= 11 is 0. The average molecular weight is 452 g/mol. The highest BCUT2D eigenvalue weighted by atomic mass is 16.1. The summed E-state index contributed by atoms with van der Waals surface area (Å²) in [6.45, 7) is 10.3. The molecule has 4 aromatic rings. The Morgan fingerprint density at radius 3 is 2.47 bits per heavy atom. The summed E-state index contributed by atoms with van der Waals surface area (Å²) in [5, 5.41) is 4.56. The lowest BCUT2D eigenvalue weighted by Gasteiger charge is -2.19. The number of anilines is 1. The lowest BCUT2D eigenvalue weighted by molar-refractivity contribution is 0.112. The fourth-order valence-corrected chi connectivity index (χ4v) is 4.30. The van der Waals surface area contributed by atoms with Gasteiger partial charge in [0.25, 0.3) is 0 Å². The predicted molar refractivity (Wildman–Crippen MR) is 143 cm³/mol. The summed E-state index contributed by atoms with van der Waals surface area (Å²) in [5.74, 6) is 0.527. The first-order valence-corrected chi connectivity index (χ1v) is 11.8. The van der Waals surface area contributed by atoms with Crippen LogP contribution in [0.3, 0.4) is 0 Å². The lowest BCUT2D eigenvalue weighted by atomic mass is 10.0. The topological polar surface area (TPSA) is 37.3 Å². The van der Waals surface area contributed by atoms with Crippen LogP contribution in [-0.2, 0) is 6.42 Å². The number of rotatable bonds is 10. The van der Waals surface area contributed by atoms with Crippen molar-refractivity contribution in [3.05, 3.63) is 108 Å². The van der Waals surface area contributed by atoms with Crippen molar-refractivity contribution >= 4 is 22.9 Å². The molecule has 4 heteroatoms. The van der Waals surface area contributed by atoms with E-state index >= 15 is 0 Å². The molecule has 34 heavy (non-hydrogen) atoms. The Hall–Kier alpha value is -3.63. The number of nitrogens with zero attached hydrogens (tertiary/aromatic N) is 2. The zero-order valence-corrected chi connectivity index (χ0v) is 20.3. The maximum Gasteiger partial charge on any atom is 0.150 e. The minimum atomic E-state index is 0.527. The summed E-state index contributed by atoms with van der Waals surface area (Å²) in [7, 11) is 2.11. The minimum Gasteiger partial charge on any atom is -0.358 e. The molecule has 0 aliphatic carbocycles. The smallest absolute Gasteiger partial charge is 0.150 e. The van der Waals surface area contributed by atoms with Crippen LogP contribution in [0.5, 0.6) is 0 Å². The number of hydrogen-bond donors (Lipinski definition) is 1. The third kappa shape index (κ3) is 5.46. The number of likely N-dealkylation sites (N-methyl/N-ethyl adjacent to an activating group) is 1. The van der Waals surface area contributed by atoms with Gasteiger partial charge in [-0.15, -0.1) is 0 Å². The number of aldehydes is 1. The molecular formula is C30H33N3O. The van der Waals surface area contributed by atoms with Crippen molar-refractivity contribution in [2.45, 2.75) is 26.2 Å². The van der Waals surface area contributed by atoms with E-state index in [0.29, 0.717) is 11.5 Å². The molecule has 1 aromatic heterocycles. The summed E-state index contributed by atoms with van der Waals surface area (Å²) in [6.07, 6.45) is 4.00. The molecule has 0 atom stereocenters. The fourth-order valence-electron chi connectivity index (χ4n) is 4.30. The molecule has 0 saturated carbocycles. The van der Waals surface area contributed by atoms with Crippen LogP contribution in [0.2, 0.25) is 0 Å². The van der Waals surface area contributed by atoms with E-state index in [1.54, 1.807) is 0 Å². The Balaban J connectivity index is 1.44. The quantitative estimate of drug-likeness (QED) is 0.274. The first-order chi connectivity index (χ1) is 16.4. The zero-order chi connectivity index (χ0) is 24.1. The zero-order valence-electron chi connectivity index (χ0n) is 20.3. The van der Waals surface area contributed by atoms with Crippen LogP contribution in [0.4, 0.5) is 5.69 Å². The molecule has 4 nitrogen and oxygen atoms in total. The van der Waals surface area contributed by atoms with Gasteiger partial charge in [0, 0.05) is 47.3 Å². The van der Waals surface area contributed by atoms with Gasteiger partial charge in [-0.25, -0.2) is 0 Å². The Morgan fingerprint density at radius 2 is 1.79 bits per heavy atom. The molecule has 0 aliphatic heterocycles. The summed E-state index contributed by atoms with van der Waals surface area (Å²) in [5.41, 5.74) is 7.54. The number of aromatic nitrogens is 1. The van der Waals surface area contributed by atoms with Gasteiger partial charge in [0.1, 0.15) is 6.29 Å². The molecule has 174 valence electrons. The monoisotopic (exact) mass is 451 g/mol. The molecule has 4 rings (SSSR count). The molecule has 1 N–H and O–H groups in total. The molecule has 0 radical (unpaired) electrons. The average Bonchev–Trinajstić information content (AvgIpc) is 3.21. The van der Waals surface area contributed by atoms with E-state index in [1.807, 2.05) is 36.4 Å². The maximum atomic E-state index is 11.4. The molecule has 0 spiro atoms. The van der Waals surface area contributed by atoms with Crippen LogP contribution in [0.15, 0.2) is 91.3 Å². The number of fused-ring (bicyclic) bond motifs is 1. The van der Waals surface area contributed by atoms with Crippen LogP contribution in [0.1, 0.15) is 41.3 Å². The molecule has 0 saturated heterocycles. The Kier molecular flexibility index (Phi) is 7.29. The van der Waals surface area contributed by atoms with E-state index in [0.717, 1.165) is 53.8 Å². The van der Waals surface area contributed by atoms with Crippen LogP contribution in [0, 0.1) is 0 Å². The third-order valence-electron chi connectivity index (χ3n) is 6.20. The number of para-hydroxylation sites is 1. The standard InChI is InChI=1S/C30H33N3O/c1-22(2)25-11-13-27(14-12-25)31-23(3)19-32(4)17-16-26-20-33(28-8-6-5-7-9-28)30-15-10-24(21-34)18-29(26)30/h5-15,18,20-22,31H,3,16-17,19H2,1-2,4H3. The fraction of sp³-hybridized carbons (Fsp3) is 0.233. The molecule has 0 fully saturated rings. The van der Waals surface area contributed by atoms with Crippen LogP contribution in [0.25, 0.3) is 16.6 Å². The van der Waals surface area contributed by atoms with Crippen molar-refractivity contribution in [2.24, 2.45) is 0 Å². The molecule has 0 bridgehead atoms. The Bertz CT molecular complexity index is 1270. The first-order valence-electron chi connectivity index (χ1n) is 11.8. The third-order valence-corrected chi connectivity index (χ3v) is 6.20. The number of carbonyl (C=O) groups excluding carboxylic acids is 1. The predicted octanol–water partition coefficient (Wildman–Crippen LogP) is 6.67. The van der Waals surface area contributed by atoms with E-state index in [9.17, 15) is 4.79 Å². The van der Waals surface area contributed by atoms with Gasteiger partial charge in [0.15, 0.2) is 0 Å². The van der Waals surface area contributed by atoms with Crippen molar-refractivity contribution in [1.29, 1.82) is 0 Å². The SMILES string of the molecule is C=C(CN(C)CCc1cn(-c2ccccc2)c2ccc(C=O)cc12)Nc1ccc(C(C)C)cc1. The van der Waals surface area contributed by atoms with E-state index < -0.39 is 0 Å². The van der Waals surface area contributed by atoms with Gasteiger partial charge < -0.3 is 14.8 Å². The van der Waals surface area contributed by atoms with Crippen LogP contribution >= 0.6 is 0 Å². The van der Waals surface area contributed by atoms with E-state index in [2.05, 4.69) is 84.9 Å². The minimum absolute atomic E-state index is 0.527. The van der Waals surface area contributed by atoms with Gasteiger partial charge in [-0.05, 0) is 73.0 Å². The van der Waals surface area contributed by atoms with Crippen molar-refractivity contribution in [3.63, 3.8) is 0 Å². The van der Waals surface area contributed by atoms with Crippen molar-refractivity contribution < 1.29 is 4.79 Å². The summed E-state index contributed by atoms with van der Waals surface area (Å²) in [4.78, 5) is 13.7. The van der Waals surface area contributed by atoms with Gasteiger partial charge in [-0.1, -0.05) is 50.8 Å². The molecular weight excluding hydrogens is 418 g/mol. The van der Waals surface area contributed by atoms with Gasteiger partial charge in [0.05, 0.1) is 5.52 Å². The maximum absolute atomic E-state index is 11.4. The number of benzene rings is 3. The largest absolute Gasteiger partial charge is 0.358 e. The molecule has 0 amide bonds. The van der Waals surface area contributed by atoms with Crippen LogP contribution in [-0.4, -0.2) is 35.9 Å². The molecule has 3 aromatic carbocycles. The Morgan fingerprint density at radius 1 is 1.06 bits per heavy atom. The highest BCUT2D eigenvalue weighted by Crippen LogP contribution is 2.26. The second-order valence-corrected chi connectivity index (χ2v) is 9.25. The molecule has 0 aliphatic rings. The first kappa shape index (κ1) is 23.5. The van der Waals surface area contributed by atoms with Crippen LogP contribution < -0.4 is 5.32 Å². The van der Waals surface area contributed by atoms with E-state index in [4.69, 9.17) is 0 Å². The number of nitrogens with one attached hydrogen (secondary N) is 1. The highest BCUT2D eigenvalue weighted by Gasteiger charge is 2.12. The van der Waals surface area contributed by atoms with Crippen molar-refractivity contribution in [1.82, 2.24) is 9.47 Å². The van der Waals surface area contributed by atoms with Gasteiger partial charge in [-0.3, -0.25) is 4.79 Å². The van der Waals surface area contributed by atoms with E-state index in [1.165, 1.54) is 11.1 Å². The second-order valence-electron chi connectivity index (χ2n) is 9.25. The van der Waals surface area contributed by atoms with Crippen molar-refractivity contribution in [2.75, 3.05) is 25.5 Å². The second kappa shape index (κ2) is 10.5. The summed E-state index contributed by atoms with van der Waals surface area (Å²) < 4.78 is 2.21. The van der Waals surface area contributed by atoms with Gasteiger partial charge in [-0.2, -0.15) is 0 Å².